The SMILES string of the molecule is CCOCC(COC(N)O)OC1CN(Cc2cccnc2)C(N)=N1. The summed E-state index contributed by atoms with van der Waals surface area (Å²) in [5, 5.41) is 9.03. The van der Waals surface area contributed by atoms with Crippen LogP contribution in [0.3, 0.4) is 0 Å². The van der Waals surface area contributed by atoms with Gasteiger partial charge in [0.1, 0.15) is 6.10 Å². The van der Waals surface area contributed by atoms with Gasteiger partial charge in [0.05, 0.1) is 19.8 Å². The molecule has 1 aliphatic rings. The van der Waals surface area contributed by atoms with E-state index in [9.17, 15) is 0 Å². The number of guanidine groups is 1. The van der Waals surface area contributed by atoms with E-state index in [0.29, 0.717) is 32.3 Å². The summed E-state index contributed by atoms with van der Waals surface area (Å²) < 4.78 is 16.2. The van der Waals surface area contributed by atoms with Gasteiger partial charge in [-0.05, 0) is 18.6 Å². The van der Waals surface area contributed by atoms with Crippen LogP contribution in [-0.4, -0.2) is 66.1 Å². The quantitative estimate of drug-likeness (QED) is 0.473. The summed E-state index contributed by atoms with van der Waals surface area (Å²) in [7, 11) is 0. The van der Waals surface area contributed by atoms with E-state index in [2.05, 4.69) is 9.98 Å². The number of pyridine rings is 1. The van der Waals surface area contributed by atoms with Gasteiger partial charge >= 0.3 is 0 Å². The number of hydrogen-bond acceptors (Lipinski definition) is 9. The summed E-state index contributed by atoms with van der Waals surface area (Å²) >= 11 is 0. The van der Waals surface area contributed by atoms with E-state index in [1.807, 2.05) is 24.0 Å². The zero-order valence-corrected chi connectivity index (χ0v) is 13.7. The van der Waals surface area contributed by atoms with E-state index >= 15 is 0 Å². The Hall–Kier alpha value is -1.78. The number of aromatic nitrogens is 1. The van der Waals surface area contributed by atoms with Crippen molar-refractivity contribution in [2.45, 2.75) is 32.2 Å². The number of aliphatic hydroxyl groups is 1. The number of nitrogens with zero attached hydrogens (tertiary/aromatic N) is 3. The highest BCUT2D eigenvalue weighted by atomic mass is 16.6. The Kier molecular flexibility index (Phi) is 7.35. The maximum absolute atomic E-state index is 9.03. The van der Waals surface area contributed by atoms with E-state index in [0.717, 1.165) is 5.56 Å². The largest absolute Gasteiger partial charge is 0.379 e. The summed E-state index contributed by atoms with van der Waals surface area (Å²) in [6.07, 6.45) is 1.34. The summed E-state index contributed by atoms with van der Waals surface area (Å²) in [4.78, 5) is 10.3. The summed E-state index contributed by atoms with van der Waals surface area (Å²) in [5.41, 5.74) is 12.2. The minimum absolute atomic E-state index is 0.103. The van der Waals surface area contributed by atoms with Crippen molar-refractivity contribution in [3.8, 4) is 0 Å². The molecule has 24 heavy (non-hydrogen) atoms. The first-order valence-corrected chi connectivity index (χ1v) is 7.84. The fraction of sp³-hybridized carbons (Fsp3) is 0.600. The fourth-order valence-electron chi connectivity index (χ4n) is 2.29. The molecule has 3 atom stereocenters. The van der Waals surface area contributed by atoms with Gasteiger partial charge in [-0.15, -0.1) is 0 Å². The van der Waals surface area contributed by atoms with Gasteiger partial charge in [-0.3, -0.25) is 10.7 Å². The van der Waals surface area contributed by atoms with Gasteiger partial charge in [0.25, 0.3) is 0 Å². The Morgan fingerprint density at radius 1 is 1.46 bits per heavy atom. The maximum Gasteiger partial charge on any atom is 0.210 e. The molecule has 0 bridgehead atoms. The van der Waals surface area contributed by atoms with Crippen LogP contribution in [0.1, 0.15) is 12.5 Å². The average molecular weight is 339 g/mol. The summed E-state index contributed by atoms with van der Waals surface area (Å²) in [5.74, 6) is 0.416. The molecule has 2 rings (SSSR count). The van der Waals surface area contributed by atoms with Crippen LogP contribution in [-0.2, 0) is 20.8 Å². The van der Waals surface area contributed by atoms with E-state index in [4.69, 9.17) is 30.8 Å². The van der Waals surface area contributed by atoms with Crippen LogP contribution in [0.4, 0.5) is 0 Å². The van der Waals surface area contributed by atoms with Crippen LogP contribution < -0.4 is 11.5 Å². The Balaban J connectivity index is 1.87. The van der Waals surface area contributed by atoms with Gasteiger partial charge in [0, 0.05) is 25.5 Å². The lowest BCUT2D eigenvalue weighted by atomic mass is 10.2. The molecule has 1 aliphatic heterocycles. The number of hydrogen-bond donors (Lipinski definition) is 3. The molecule has 3 unspecified atom stereocenters. The van der Waals surface area contributed by atoms with Crippen LogP contribution in [0.5, 0.6) is 0 Å². The van der Waals surface area contributed by atoms with Crippen molar-refractivity contribution in [2.75, 3.05) is 26.4 Å². The van der Waals surface area contributed by atoms with Crippen LogP contribution >= 0.6 is 0 Å². The highest BCUT2D eigenvalue weighted by molar-refractivity contribution is 5.79. The molecular weight excluding hydrogens is 314 g/mol. The van der Waals surface area contributed by atoms with Gasteiger partial charge in [-0.25, -0.2) is 4.99 Å². The lowest BCUT2D eigenvalue weighted by Gasteiger charge is -2.22. The molecule has 9 nitrogen and oxygen atoms in total. The van der Waals surface area contributed by atoms with Crippen molar-refractivity contribution < 1.29 is 19.3 Å². The van der Waals surface area contributed by atoms with Crippen LogP contribution in [0, 0.1) is 0 Å². The summed E-state index contributed by atoms with van der Waals surface area (Å²) in [6, 6.07) is 3.85. The topological polar surface area (TPSA) is 128 Å². The van der Waals surface area contributed by atoms with Crippen molar-refractivity contribution in [1.82, 2.24) is 9.88 Å². The Morgan fingerprint density at radius 3 is 2.96 bits per heavy atom. The second-order valence-electron chi connectivity index (χ2n) is 5.33. The molecule has 1 aromatic rings. The van der Waals surface area contributed by atoms with Crippen molar-refractivity contribution in [3.05, 3.63) is 30.1 Å². The molecule has 1 aromatic heterocycles. The molecule has 0 radical (unpaired) electrons. The van der Waals surface area contributed by atoms with Crippen molar-refractivity contribution >= 4 is 5.96 Å². The van der Waals surface area contributed by atoms with Crippen LogP contribution in [0.15, 0.2) is 29.5 Å². The maximum atomic E-state index is 9.03. The third-order valence-electron chi connectivity index (χ3n) is 3.38. The molecule has 0 amide bonds. The predicted molar refractivity (Wildman–Crippen MR) is 87.6 cm³/mol. The molecule has 0 saturated heterocycles. The van der Waals surface area contributed by atoms with Crippen LogP contribution in [0.25, 0.3) is 0 Å². The minimum Gasteiger partial charge on any atom is -0.379 e. The second kappa shape index (κ2) is 9.50. The number of nitrogens with two attached hydrogens (primary N) is 2. The van der Waals surface area contributed by atoms with Gasteiger partial charge in [-0.1, -0.05) is 6.07 Å². The van der Waals surface area contributed by atoms with Gasteiger partial charge in [0.15, 0.2) is 12.2 Å². The Morgan fingerprint density at radius 2 is 2.29 bits per heavy atom. The third-order valence-corrected chi connectivity index (χ3v) is 3.38. The van der Waals surface area contributed by atoms with E-state index < -0.39 is 18.7 Å². The van der Waals surface area contributed by atoms with E-state index in [1.165, 1.54) is 0 Å². The third kappa shape index (κ3) is 6.02. The first-order chi connectivity index (χ1) is 11.6. The van der Waals surface area contributed by atoms with Gasteiger partial charge < -0.3 is 30.0 Å². The normalized spacial score (nSPS) is 20.0. The summed E-state index contributed by atoms with van der Waals surface area (Å²) in [6.45, 7) is 3.99. The fourth-order valence-corrected chi connectivity index (χ4v) is 2.29. The lowest BCUT2D eigenvalue weighted by Crippen LogP contribution is -2.37. The standard InChI is InChI=1S/C15H25N5O4/c1-2-22-9-12(10-23-15(17)21)24-13-8-20(14(16)19-13)7-11-4-3-5-18-6-11/h3-6,12-13,15,21H,2,7-10,17H2,1H3,(H2,16,19). The number of aliphatic imine (C=N–C) groups is 1. The highest BCUT2D eigenvalue weighted by Crippen LogP contribution is 2.14. The molecule has 2 heterocycles. The second-order valence-corrected chi connectivity index (χ2v) is 5.33. The molecule has 0 spiro atoms. The Labute approximate surface area is 141 Å². The molecule has 5 N–H and O–H groups in total. The van der Waals surface area contributed by atoms with Crippen molar-refractivity contribution in [3.63, 3.8) is 0 Å². The molecule has 134 valence electrons. The Bertz CT molecular complexity index is 514. The van der Waals surface area contributed by atoms with Crippen LogP contribution in [0.2, 0.25) is 0 Å². The average Bonchev–Trinajstić information content (AvgIpc) is 2.90. The first-order valence-electron chi connectivity index (χ1n) is 7.84. The molecule has 0 aromatic carbocycles. The molecule has 0 aliphatic carbocycles. The predicted octanol–water partition coefficient (Wildman–Crippen LogP) is -0.789. The van der Waals surface area contributed by atoms with Crippen molar-refractivity contribution in [1.29, 1.82) is 0 Å². The van der Waals surface area contributed by atoms with Crippen molar-refractivity contribution in [2.24, 2.45) is 16.5 Å². The lowest BCUT2D eigenvalue weighted by molar-refractivity contribution is -0.148. The molecule has 9 heteroatoms. The first kappa shape index (κ1) is 18.6. The van der Waals surface area contributed by atoms with Gasteiger partial charge in [0.2, 0.25) is 6.41 Å². The number of aliphatic hydroxyl groups excluding tert-OH is 1. The van der Waals surface area contributed by atoms with E-state index in [-0.39, 0.29) is 6.61 Å². The zero-order chi connectivity index (χ0) is 17.4. The van der Waals surface area contributed by atoms with Gasteiger partial charge in [-0.2, -0.15) is 0 Å². The zero-order valence-electron chi connectivity index (χ0n) is 13.7. The number of ether oxygens (including phenoxy) is 3. The van der Waals surface area contributed by atoms with E-state index in [1.54, 1.807) is 12.4 Å². The highest BCUT2D eigenvalue weighted by Gasteiger charge is 2.27. The smallest absolute Gasteiger partial charge is 0.210 e. The monoisotopic (exact) mass is 339 g/mol. The molecular formula is C15H25N5O4. The number of rotatable bonds is 10. The minimum atomic E-state index is -1.35. The molecule has 0 saturated carbocycles. The molecule has 0 fully saturated rings.